The fourth-order valence-corrected chi connectivity index (χ4v) is 7.98. The first-order chi connectivity index (χ1) is 27.0. The van der Waals surface area contributed by atoms with Crippen LogP contribution in [-0.4, -0.2) is 84.5 Å². The van der Waals surface area contributed by atoms with Crippen molar-refractivity contribution in [3.05, 3.63) is 42.4 Å². The number of likely N-dealkylation sites (tertiary alicyclic amines) is 1. The highest BCUT2D eigenvalue weighted by atomic mass is 19.4. The van der Waals surface area contributed by atoms with E-state index in [9.17, 15) is 41.9 Å². The Hall–Kier alpha value is -4.63. The first-order valence-corrected chi connectivity index (χ1v) is 20.0. The van der Waals surface area contributed by atoms with Crippen molar-refractivity contribution in [2.24, 2.45) is 29.1 Å². The number of Topliss-reactive ketones (excluding diaryl/α,β-unsaturated/α-hetero) is 4. The highest BCUT2D eigenvalue weighted by Gasteiger charge is 2.47. The topological polar surface area (TPSA) is 178 Å². The molecule has 2 aromatic rings. The van der Waals surface area contributed by atoms with Crippen LogP contribution in [0.25, 0.3) is 0 Å². The molecule has 13 nitrogen and oxygen atoms in total. The van der Waals surface area contributed by atoms with Crippen LogP contribution < -0.4 is 10.1 Å². The Morgan fingerprint density at radius 1 is 0.947 bits per heavy atom. The number of nitrogens with one attached hydrogen (secondary N) is 1. The van der Waals surface area contributed by atoms with Gasteiger partial charge in [-0.15, -0.1) is 0 Å². The van der Waals surface area contributed by atoms with E-state index in [2.05, 4.69) is 25.3 Å². The van der Waals surface area contributed by atoms with Gasteiger partial charge in [0, 0.05) is 56.0 Å². The van der Waals surface area contributed by atoms with Crippen LogP contribution in [0.5, 0.6) is 5.88 Å². The summed E-state index contributed by atoms with van der Waals surface area (Å²) in [5, 5.41) is 2.87. The van der Waals surface area contributed by atoms with E-state index >= 15 is 0 Å². The Kier molecular flexibility index (Phi) is 14.3. The predicted molar refractivity (Wildman–Crippen MR) is 199 cm³/mol. The van der Waals surface area contributed by atoms with Gasteiger partial charge in [0.05, 0.1) is 24.8 Å². The third-order valence-electron chi connectivity index (χ3n) is 11.3. The van der Waals surface area contributed by atoms with Crippen LogP contribution >= 0.6 is 0 Å². The van der Waals surface area contributed by atoms with Crippen LogP contribution in [0.15, 0.2) is 31.0 Å². The van der Waals surface area contributed by atoms with Crippen molar-refractivity contribution in [2.45, 2.75) is 136 Å². The summed E-state index contributed by atoms with van der Waals surface area (Å²) in [6.45, 7) is 6.99. The number of alkyl halides is 3. The van der Waals surface area contributed by atoms with Crippen LogP contribution in [-0.2, 0) is 30.1 Å². The van der Waals surface area contributed by atoms with Gasteiger partial charge in [0.2, 0.25) is 17.6 Å². The fraction of sp³-hybridized carbons (Fsp3) is 0.659. The predicted octanol–water partition coefficient (Wildman–Crippen LogP) is 5.95. The number of amides is 2. The summed E-state index contributed by atoms with van der Waals surface area (Å²) in [5.41, 5.74) is -2.03. The number of nitrogens with zero attached hydrogens (tertiary/aromatic N) is 5. The lowest BCUT2D eigenvalue weighted by Gasteiger charge is -2.36. The molecule has 16 heteroatoms. The van der Waals surface area contributed by atoms with E-state index in [-0.39, 0.29) is 62.0 Å². The molecule has 2 aromatic heterocycles. The van der Waals surface area contributed by atoms with E-state index in [1.165, 1.54) is 23.5 Å². The van der Waals surface area contributed by atoms with E-state index in [1.54, 1.807) is 20.8 Å². The Bertz CT molecular complexity index is 1780. The Morgan fingerprint density at radius 2 is 1.67 bits per heavy atom. The van der Waals surface area contributed by atoms with Gasteiger partial charge in [0.15, 0.2) is 23.0 Å². The lowest BCUT2D eigenvalue weighted by Crippen LogP contribution is -2.51. The van der Waals surface area contributed by atoms with Gasteiger partial charge in [-0.05, 0) is 49.4 Å². The molecule has 0 spiro atoms. The van der Waals surface area contributed by atoms with Crippen molar-refractivity contribution < 1.29 is 46.7 Å². The van der Waals surface area contributed by atoms with Gasteiger partial charge in [-0.1, -0.05) is 53.4 Å². The van der Waals surface area contributed by atoms with Gasteiger partial charge in [-0.3, -0.25) is 33.8 Å². The van der Waals surface area contributed by atoms with E-state index in [4.69, 9.17) is 4.74 Å². The van der Waals surface area contributed by atoms with Crippen molar-refractivity contribution in [1.82, 2.24) is 30.2 Å². The smallest absolute Gasteiger partial charge is 0.433 e. The first kappa shape index (κ1) is 43.5. The quantitative estimate of drug-likeness (QED) is 0.176. The molecule has 5 rings (SSSR count). The van der Waals surface area contributed by atoms with Crippen molar-refractivity contribution in [3.63, 3.8) is 0 Å². The van der Waals surface area contributed by atoms with Gasteiger partial charge < -0.3 is 15.0 Å². The highest BCUT2D eigenvalue weighted by Crippen LogP contribution is 2.38. The molecule has 0 aromatic carbocycles. The molecule has 57 heavy (non-hydrogen) atoms. The maximum atomic E-state index is 14.8. The van der Waals surface area contributed by atoms with Crippen molar-refractivity contribution >= 4 is 34.9 Å². The zero-order chi connectivity index (χ0) is 41.5. The van der Waals surface area contributed by atoms with Crippen molar-refractivity contribution in [2.75, 3.05) is 6.54 Å². The number of hydrogen-bond acceptors (Lipinski definition) is 11. The molecule has 3 heterocycles. The largest absolute Gasteiger partial charge is 0.472 e. The summed E-state index contributed by atoms with van der Waals surface area (Å²) in [6, 6.07) is -1.44. The molecular weight excluding hydrogens is 745 g/mol. The highest BCUT2D eigenvalue weighted by molar-refractivity contribution is 6.38. The summed E-state index contributed by atoms with van der Waals surface area (Å²) in [4.78, 5) is 99.3. The van der Waals surface area contributed by atoms with E-state index in [0.717, 1.165) is 32.1 Å². The summed E-state index contributed by atoms with van der Waals surface area (Å²) in [7, 11) is 0. The molecule has 1 aliphatic heterocycles. The van der Waals surface area contributed by atoms with E-state index < -0.39 is 82.4 Å². The Balaban J connectivity index is 1.42. The number of ether oxygens (including phenoxy) is 1. The molecule has 2 saturated carbocycles. The van der Waals surface area contributed by atoms with Crippen LogP contribution in [0.2, 0.25) is 0 Å². The van der Waals surface area contributed by atoms with E-state index in [1.807, 2.05) is 6.92 Å². The van der Waals surface area contributed by atoms with Crippen LogP contribution in [0.4, 0.5) is 13.2 Å². The maximum absolute atomic E-state index is 14.8. The van der Waals surface area contributed by atoms with Crippen LogP contribution in [0.3, 0.4) is 0 Å². The second kappa shape index (κ2) is 18.8. The average molecular weight is 799 g/mol. The molecule has 3 unspecified atom stereocenters. The van der Waals surface area contributed by atoms with Gasteiger partial charge in [-0.25, -0.2) is 15.0 Å². The zero-order valence-corrected chi connectivity index (χ0v) is 33.1. The second-order valence-corrected chi connectivity index (χ2v) is 16.8. The number of halogens is 3. The van der Waals surface area contributed by atoms with Gasteiger partial charge in [0.1, 0.15) is 18.1 Å². The second-order valence-electron chi connectivity index (χ2n) is 16.8. The monoisotopic (exact) mass is 798 g/mol. The molecule has 2 aliphatic carbocycles. The minimum Gasteiger partial charge on any atom is -0.472 e. The molecule has 310 valence electrons. The standard InChI is InChI=1S/C41H53F3N6O7/c1-5-9-26(37(54)33(53)16-24-12-13-24)17-31(51)30-18-27(57-35-20-34(41(42,43)44)47-23-48-35)22-50(30)39(56)28(40(2,3)4)19-32(52)36(25-10-7-6-8-11-25)49-38(55)29-21-45-14-15-46-29/h14-15,20-21,23-28,30,36H,5-13,16-19,22H2,1-4H3,(H,49,55)/t26?,27-,28?,30+,36?/m0/s1. The molecule has 1 saturated heterocycles. The number of carbonyl (C=O) groups excluding carboxylic acids is 6. The molecule has 3 fully saturated rings. The van der Waals surface area contributed by atoms with E-state index in [0.29, 0.717) is 31.7 Å². The Labute approximate surface area is 330 Å². The number of rotatable bonds is 18. The van der Waals surface area contributed by atoms with Gasteiger partial charge >= 0.3 is 6.18 Å². The first-order valence-electron chi connectivity index (χ1n) is 20.0. The zero-order valence-electron chi connectivity index (χ0n) is 33.1. The lowest BCUT2D eigenvalue weighted by atomic mass is 9.74. The molecule has 2 amide bonds. The minimum atomic E-state index is -4.77. The minimum absolute atomic E-state index is 0.0409. The van der Waals surface area contributed by atoms with Gasteiger partial charge in [-0.2, -0.15) is 13.2 Å². The number of hydrogen-bond donors (Lipinski definition) is 1. The fourth-order valence-electron chi connectivity index (χ4n) is 7.98. The molecule has 1 N–H and O–H groups in total. The molecule has 0 radical (unpaired) electrons. The SMILES string of the molecule is CCCC(CC(=O)[C@H]1C[C@H](Oc2cc(C(F)(F)F)ncn2)CN1C(=O)C(CC(=O)C(NC(=O)c1cnccn1)C1CCCCC1)C(C)(C)C)C(=O)C(=O)CC1CC1. The van der Waals surface area contributed by atoms with Gasteiger partial charge in [0.25, 0.3) is 5.91 Å². The summed E-state index contributed by atoms with van der Waals surface area (Å²) in [6.07, 6.45) is 5.20. The third kappa shape index (κ3) is 11.7. The van der Waals surface area contributed by atoms with Crippen molar-refractivity contribution in [3.8, 4) is 5.88 Å². The third-order valence-corrected chi connectivity index (χ3v) is 11.3. The van der Waals surface area contributed by atoms with Crippen LogP contribution in [0.1, 0.15) is 127 Å². The molecule has 3 aliphatic rings. The summed E-state index contributed by atoms with van der Waals surface area (Å²) < 4.78 is 46.3. The summed E-state index contributed by atoms with van der Waals surface area (Å²) in [5.74, 6) is -5.38. The maximum Gasteiger partial charge on any atom is 0.433 e. The number of ketones is 4. The number of carbonyl (C=O) groups is 6. The number of aromatic nitrogens is 4. The normalized spacial score (nSPS) is 20.6. The average Bonchev–Trinajstić information content (AvgIpc) is 3.90. The lowest BCUT2D eigenvalue weighted by molar-refractivity contribution is -0.147. The van der Waals surface area contributed by atoms with Crippen LogP contribution in [0, 0.1) is 29.1 Å². The molecular formula is C41H53F3N6O7. The Morgan fingerprint density at radius 3 is 2.28 bits per heavy atom. The van der Waals surface area contributed by atoms with Crippen molar-refractivity contribution in [1.29, 1.82) is 0 Å². The molecule has 5 atom stereocenters. The molecule has 0 bridgehead atoms. The summed E-state index contributed by atoms with van der Waals surface area (Å²) >= 11 is 0.